The molecule has 1 heterocycles. The predicted molar refractivity (Wildman–Crippen MR) is 133 cm³/mol. The summed E-state index contributed by atoms with van der Waals surface area (Å²) in [6.07, 6.45) is 2.48. The minimum atomic E-state index is -0.0893. The molecule has 0 atom stereocenters. The lowest BCUT2D eigenvalue weighted by Crippen LogP contribution is -2.25. The molecular formula is C27H28ClN3O2. The molecule has 6 heteroatoms. The summed E-state index contributed by atoms with van der Waals surface area (Å²) in [5.41, 5.74) is 3.89. The molecule has 0 fully saturated rings. The van der Waals surface area contributed by atoms with Crippen molar-refractivity contribution in [1.82, 2.24) is 14.9 Å². The SMILES string of the molecule is Cc1ccccc1OCCCn1c(CCCNC(=O)c2ccc(Cl)cc2)nc2ccccc21. The summed E-state index contributed by atoms with van der Waals surface area (Å²) in [6, 6.07) is 23.2. The Morgan fingerprint density at radius 2 is 1.76 bits per heavy atom. The van der Waals surface area contributed by atoms with Gasteiger partial charge in [-0.15, -0.1) is 0 Å². The van der Waals surface area contributed by atoms with Gasteiger partial charge in [-0.1, -0.05) is 41.9 Å². The Morgan fingerprint density at radius 1 is 1.00 bits per heavy atom. The highest BCUT2D eigenvalue weighted by Crippen LogP contribution is 2.19. The Labute approximate surface area is 199 Å². The van der Waals surface area contributed by atoms with Gasteiger partial charge in [0.15, 0.2) is 0 Å². The summed E-state index contributed by atoms with van der Waals surface area (Å²) in [7, 11) is 0. The normalized spacial score (nSPS) is 11.0. The summed E-state index contributed by atoms with van der Waals surface area (Å²) in [4.78, 5) is 17.1. The third-order valence-electron chi connectivity index (χ3n) is 5.58. The monoisotopic (exact) mass is 461 g/mol. The molecule has 1 N–H and O–H groups in total. The van der Waals surface area contributed by atoms with Crippen LogP contribution in [0.2, 0.25) is 5.02 Å². The van der Waals surface area contributed by atoms with Crippen LogP contribution in [-0.4, -0.2) is 28.6 Å². The van der Waals surface area contributed by atoms with Crippen LogP contribution < -0.4 is 10.1 Å². The van der Waals surface area contributed by atoms with Crippen LogP contribution in [0.25, 0.3) is 11.0 Å². The van der Waals surface area contributed by atoms with Crippen LogP contribution in [0.3, 0.4) is 0 Å². The highest BCUT2D eigenvalue weighted by Gasteiger charge is 2.11. The number of halogens is 1. The Balaban J connectivity index is 1.33. The number of rotatable bonds is 10. The van der Waals surface area contributed by atoms with E-state index in [1.807, 2.05) is 36.4 Å². The van der Waals surface area contributed by atoms with Gasteiger partial charge in [0.1, 0.15) is 11.6 Å². The topological polar surface area (TPSA) is 56.1 Å². The minimum Gasteiger partial charge on any atom is -0.493 e. The molecule has 0 bridgehead atoms. The van der Waals surface area contributed by atoms with E-state index in [0.29, 0.717) is 23.7 Å². The summed E-state index contributed by atoms with van der Waals surface area (Å²) in [5.74, 6) is 1.88. The second-order valence-electron chi connectivity index (χ2n) is 8.00. The Kier molecular flexibility index (Phi) is 7.63. The van der Waals surface area contributed by atoms with Crippen molar-refractivity contribution >= 4 is 28.5 Å². The van der Waals surface area contributed by atoms with Crippen molar-refractivity contribution in [2.75, 3.05) is 13.2 Å². The summed E-state index contributed by atoms with van der Waals surface area (Å²) >= 11 is 5.89. The number of amides is 1. The summed E-state index contributed by atoms with van der Waals surface area (Å²) in [5, 5.41) is 3.60. The van der Waals surface area contributed by atoms with E-state index in [4.69, 9.17) is 21.3 Å². The number of aromatic nitrogens is 2. The summed E-state index contributed by atoms with van der Waals surface area (Å²) < 4.78 is 8.25. The van der Waals surface area contributed by atoms with Crippen LogP contribution in [0, 0.1) is 6.92 Å². The molecule has 0 unspecified atom stereocenters. The molecule has 4 rings (SSSR count). The zero-order valence-corrected chi connectivity index (χ0v) is 19.5. The number of nitrogens with one attached hydrogen (secondary N) is 1. The number of carbonyl (C=O) groups excluding carboxylic acids is 1. The van der Waals surface area contributed by atoms with Gasteiger partial charge < -0.3 is 14.6 Å². The molecular weight excluding hydrogens is 434 g/mol. The zero-order valence-electron chi connectivity index (χ0n) is 18.8. The van der Waals surface area contributed by atoms with Crippen LogP contribution >= 0.6 is 11.6 Å². The number of para-hydroxylation sites is 3. The van der Waals surface area contributed by atoms with Gasteiger partial charge in [-0.05, 0) is 67.8 Å². The molecule has 0 aliphatic carbocycles. The van der Waals surface area contributed by atoms with Crippen LogP contribution in [0.1, 0.15) is 34.6 Å². The van der Waals surface area contributed by atoms with Crippen molar-refractivity contribution in [2.45, 2.75) is 32.7 Å². The van der Waals surface area contributed by atoms with Crippen molar-refractivity contribution in [3.05, 3.63) is 94.8 Å². The van der Waals surface area contributed by atoms with Gasteiger partial charge in [-0.2, -0.15) is 0 Å². The van der Waals surface area contributed by atoms with E-state index < -0.39 is 0 Å². The van der Waals surface area contributed by atoms with Crippen LogP contribution in [-0.2, 0) is 13.0 Å². The van der Waals surface area contributed by atoms with Gasteiger partial charge in [0.05, 0.1) is 17.6 Å². The number of benzene rings is 3. The van der Waals surface area contributed by atoms with Crippen LogP contribution in [0.4, 0.5) is 0 Å². The molecule has 1 aromatic heterocycles. The van der Waals surface area contributed by atoms with Gasteiger partial charge >= 0.3 is 0 Å². The number of aryl methyl sites for hydroxylation is 3. The number of nitrogens with zero attached hydrogens (tertiary/aromatic N) is 2. The molecule has 0 saturated heterocycles. The van der Waals surface area contributed by atoms with Crippen molar-refractivity contribution < 1.29 is 9.53 Å². The van der Waals surface area contributed by atoms with E-state index in [2.05, 4.69) is 28.9 Å². The van der Waals surface area contributed by atoms with E-state index in [1.165, 1.54) is 0 Å². The first-order chi connectivity index (χ1) is 16.1. The van der Waals surface area contributed by atoms with E-state index >= 15 is 0 Å². The first-order valence-corrected chi connectivity index (χ1v) is 11.7. The number of carbonyl (C=O) groups is 1. The Bertz CT molecular complexity index is 1220. The molecule has 33 heavy (non-hydrogen) atoms. The Morgan fingerprint density at radius 3 is 2.58 bits per heavy atom. The third-order valence-corrected chi connectivity index (χ3v) is 5.83. The lowest BCUT2D eigenvalue weighted by Gasteiger charge is -2.12. The smallest absolute Gasteiger partial charge is 0.251 e. The fourth-order valence-corrected chi connectivity index (χ4v) is 3.97. The average Bonchev–Trinajstić information content (AvgIpc) is 3.18. The van der Waals surface area contributed by atoms with Crippen LogP contribution in [0.5, 0.6) is 5.75 Å². The molecule has 0 aliphatic heterocycles. The molecule has 0 aliphatic rings. The number of hydrogen-bond donors (Lipinski definition) is 1. The molecule has 5 nitrogen and oxygen atoms in total. The van der Waals surface area contributed by atoms with Crippen molar-refractivity contribution in [3.8, 4) is 5.75 Å². The molecule has 0 saturated carbocycles. The fourth-order valence-electron chi connectivity index (χ4n) is 3.84. The standard InChI is InChI=1S/C27H28ClN3O2/c1-20-8-2-5-11-25(20)33-19-7-18-31-24-10-4-3-9-23(24)30-26(31)12-6-17-29-27(32)21-13-15-22(28)16-14-21/h2-5,8-11,13-16H,6-7,12,17-19H2,1H3,(H,29,32). The molecule has 0 spiro atoms. The van der Waals surface area contributed by atoms with Crippen molar-refractivity contribution in [2.24, 2.45) is 0 Å². The highest BCUT2D eigenvalue weighted by atomic mass is 35.5. The number of ether oxygens (including phenoxy) is 1. The maximum Gasteiger partial charge on any atom is 0.251 e. The maximum atomic E-state index is 12.3. The van der Waals surface area contributed by atoms with Gasteiger partial charge in [0.2, 0.25) is 0 Å². The summed E-state index contributed by atoms with van der Waals surface area (Å²) in [6.45, 7) is 4.12. The second kappa shape index (κ2) is 11.0. The fraction of sp³-hybridized carbons (Fsp3) is 0.259. The van der Waals surface area contributed by atoms with E-state index in [-0.39, 0.29) is 5.91 Å². The molecule has 170 valence electrons. The first kappa shape index (κ1) is 22.9. The third kappa shape index (κ3) is 5.93. The number of hydrogen-bond acceptors (Lipinski definition) is 3. The Hall–Kier alpha value is -3.31. The molecule has 4 aromatic rings. The van der Waals surface area contributed by atoms with E-state index in [9.17, 15) is 4.79 Å². The lowest BCUT2D eigenvalue weighted by atomic mass is 10.2. The van der Waals surface area contributed by atoms with Gasteiger partial charge in [-0.25, -0.2) is 4.98 Å². The van der Waals surface area contributed by atoms with Gasteiger partial charge in [-0.3, -0.25) is 4.79 Å². The highest BCUT2D eigenvalue weighted by molar-refractivity contribution is 6.30. The minimum absolute atomic E-state index is 0.0893. The van der Waals surface area contributed by atoms with Crippen molar-refractivity contribution in [1.29, 1.82) is 0 Å². The van der Waals surface area contributed by atoms with Gasteiger partial charge in [0.25, 0.3) is 5.91 Å². The van der Waals surface area contributed by atoms with E-state index in [1.54, 1.807) is 24.3 Å². The number of fused-ring (bicyclic) bond motifs is 1. The largest absolute Gasteiger partial charge is 0.493 e. The molecule has 0 radical (unpaired) electrons. The average molecular weight is 462 g/mol. The number of imidazole rings is 1. The molecule has 3 aromatic carbocycles. The predicted octanol–water partition coefficient (Wildman–Crippen LogP) is 5.83. The lowest BCUT2D eigenvalue weighted by molar-refractivity contribution is 0.0953. The zero-order chi connectivity index (χ0) is 23.0. The van der Waals surface area contributed by atoms with Crippen LogP contribution in [0.15, 0.2) is 72.8 Å². The van der Waals surface area contributed by atoms with Gasteiger partial charge in [0, 0.05) is 30.1 Å². The molecule has 1 amide bonds. The van der Waals surface area contributed by atoms with E-state index in [0.717, 1.165) is 54.0 Å². The maximum absolute atomic E-state index is 12.3. The van der Waals surface area contributed by atoms with Crippen molar-refractivity contribution in [3.63, 3.8) is 0 Å². The second-order valence-corrected chi connectivity index (χ2v) is 8.44. The first-order valence-electron chi connectivity index (χ1n) is 11.3. The quantitative estimate of drug-likeness (QED) is 0.302.